The molecule has 0 aromatic carbocycles. The van der Waals surface area contributed by atoms with Crippen molar-refractivity contribution in [3.05, 3.63) is 23.1 Å². The molecule has 170 valence electrons. The van der Waals surface area contributed by atoms with Gasteiger partial charge in [-0.25, -0.2) is 14.2 Å². The lowest BCUT2D eigenvalue weighted by Crippen LogP contribution is -2.32. The number of ether oxygens (including phenoxy) is 3. The molecule has 1 aliphatic rings. The molecule has 13 nitrogen and oxygen atoms in total. The molecule has 13 heteroatoms. The first-order valence-corrected chi connectivity index (χ1v) is 9.66. The van der Waals surface area contributed by atoms with E-state index in [-0.39, 0.29) is 55.9 Å². The molecule has 2 unspecified atom stereocenters. The van der Waals surface area contributed by atoms with Gasteiger partial charge in [-0.1, -0.05) is 6.08 Å². The van der Waals surface area contributed by atoms with E-state index in [1.54, 1.807) is 6.92 Å². The van der Waals surface area contributed by atoms with E-state index in [0.29, 0.717) is 0 Å². The number of carbonyl (C=O) groups excluding carboxylic acids is 1. The minimum absolute atomic E-state index is 0.0393. The highest BCUT2D eigenvalue weighted by Gasteiger charge is 2.38. The van der Waals surface area contributed by atoms with E-state index in [9.17, 15) is 19.8 Å². The van der Waals surface area contributed by atoms with Crippen LogP contribution in [0.15, 0.2) is 17.4 Å². The van der Waals surface area contributed by atoms with E-state index in [4.69, 9.17) is 19.9 Å². The van der Waals surface area contributed by atoms with Gasteiger partial charge in [-0.2, -0.15) is 9.97 Å². The molecule has 0 aliphatic carbocycles. The summed E-state index contributed by atoms with van der Waals surface area (Å²) < 4.78 is 18.6. The summed E-state index contributed by atoms with van der Waals surface area (Å²) >= 11 is 0. The fourth-order valence-corrected chi connectivity index (χ4v) is 3.31. The summed E-state index contributed by atoms with van der Waals surface area (Å²) in [6.07, 6.45) is -1.71. The Labute approximate surface area is 177 Å². The molecule has 0 bridgehead atoms. The van der Waals surface area contributed by atoms with Crippen molar-refractivity contribution in [3.8, 4) is 5.88 Å². The molecule has 0 radical (unpaired) electrons. The Hall–Kier alpha value is -3.16. The minimum atomic E-state index is -1.08. The first-order valence-electron chi connectivity index (χ1n) is 9.66. The molecule has 0 spiro atoms. The number of carbonyl (C=O) groups is 1. The Balaban J connectivity index is 2.08. The third kappa shape index (κ3) is 4.33. The smallest absolute Gasteiger partial charge is 0.412 e. The maximum atomic E-state index is 13.2. The largest absolute Gasteiger partial charge is 0.454 e. The number of rotatable bonds is 8. The second-order valence-corrected chi connectivity index (χ2v) is 6.92. The standard InChI is InChI=1S/C18H26N6O7/c1-4-6-23-12-13(24(17(23)27)15-11(26)7-10(8-25)31-15)20-16(19)21-14(12)30-9-22(3)18(28)29-5-2/h4,10-11,15,25-26H,1,5-9H2,2-3H3,(H2,19,20,21)/t10?,11-,15?/m1/s1. The second-order valence-electron chi connectivity index (χ2n) is 6.92. The first-order chi connectivity index (χ1) is 14.8. The highest BCUT2D eigenvalue weighted by atomic mass is 16.6. The van der Waals surface area contributed by atoms with Gasteiger partial charge in [0.2, 0.25) is 11.8 Å². The molecule has 3 atom stereocenters. The number of imidazole rings is 1. The van der Waals surface area contributed by atoms with Crippen LogP contribution in [0, 0.1) is 0 Å². The van der Waals surface area contributed by atoms with Crippen LogP contribution in [0.2, 0.25) is 0 Å². The molecule has 2 aromatic heterocycles. The van der Waals surface area contributed by atoms with Crippen LogP contribution >= 0.6 is 0 Å². The monoisotopic (exact) mass is 438 g/mol. The number of allylic oxidation sites excluding steroid dienone is 1. The average molecular weight is 438 g/mol. The van der Waals surface area contributed by atoms with Crippen molar-refractivity contribution in [2.75, 3.05) is 32.7 Å². The van der Waals surface area contributed by atoms with E-state index in [2.05, 4.69) is 16.5 Å². The van der Waals surface area contributed by atoms with Gasteiger partial charge in [0.1, 0.15) is 6.10 Å². The Morgan fingerprint density at radius 2 is 2.23 bits per heavy atom. The number of nitrogens with two attached hydrogens (primary N) is 1. The molecular weight excluding hydrogens is 412 g/mol. The van der Waals surface area contributed by atoms with Gasteiger partial charge in [0, 0.05) is 20.0 Å². The topological polar surface area (TPSA) is 167 Å². The van der Waals surface area contributed by atoms with Crippen LogP contribution in [0.1, 0.15) is 19.6 Å². The molecule has 1 fully saturated rings. The summed E-state index contributed by atoms with van der Waals surface area (Å²) in [4.78, 5) is 34.4. The minimum Gasteiger partial charge on any atom is -0.454 e. The molecule has 31 heavy (non-hydrogen) atoms. The lowest BCUT2D eigenvalue weighted by atomic mass is 10.2. The van der Waals surface area contributed by atoms with Gasteiger partial charge in [-0.3, -0.25) is 9.47 Å². The van der Waals surface area contributed by atoms with Crippen molar-refractivity contribution < 1.29 is 29.2 Å². The van der Waals surface area contributed by atoms with Gasteiger partial charge < -0.3 is 30.2 Å². The molecular formula is C18H26N6O7. The molecule has 3 heterocycles. The van der Waals surface area contributed by atoms with Crippen molar-refractivity contribution >= 4 is 23.2 Å². The average Bonchev–Trinajstić information content (AvgIpc) is 3.23. The van der Waals surface area contributed by atoms with Crippen molar-refractivity contribution in [2.24, 2.45) is 0 Å². The number of aromatic nitrogens is 4. The Kier molecular flexibility index (Phi) is 6.77. The highest BCUT2D eigenvalue weighted by molar-refractivity contribution is 5.79. The summed E-state index contributed by atoms with van der Waals surface area (Å²) in [7, 11) is 1.47. The van der Waals surface area contributed by atoms with E-state index >= 15 is 0 Å². The first kappa shape index (κ1) is 22.5. The van der Waals surface area contributed by atoms with Crippen LogP contribution in [0.25, 0.3) is 11.2 Å². The van der Waals surface area contributed by atoms with Crippen molar-refractivity contribution in [1.82, 2.24) is 24.0 Å². The number of hydrogen-bond donors (Lipinski definition) is 3. The zero-order valence-corrected chi connectivity index (χ0v) is 17.3. The number of anilines is 1. The number of aliphatic hydroxyl groups is 2. The van der Waals surface area contributed by atoms with Gasteiger partial charge in [0.05, 0.1) is 19.3 Å². The SMILES string of the molecule is C=CCn1c(=O)n(C2OC(CO)C[C@H]2O)c2nc(N)nc(OCN(C)C(=O)OCC)c21. The van der Waals surface area contributed by atoms with Gasteiger partial charge in [0.15, 0.2) is 24.1 Å². The van der Waals surface area contributed by atoms with Crippen molar-refractivity contribution in [3.63, 3.8) is 0 Å². The van der Waals surface area contributed by atoms with Crippen molar-refractivity contribution in [2.45, 2.75) is 38.3 Å². The third-order valence-electron chi connectivity index (χ3n) is 4.70. The zero-order chi connectivity index (χ0) is 22.7. The van der Waals surface area contributed by atoms with Crippen LogP contribution in [-0.2, 0) is 16.0 Å². The Morgan fingerprint density at radius 3 is 2.84 bits per heavy atom. The summed E-state index contributed by atoms with van der Waals surface area (Å²) in [5.41, 5.74) is 5.55. The molecule has 0 saturated carbocycles. The van der Waals surface area contributed by atoms with Gasteiger partial charge in [-0.05, 0) is 6.92 Å². The van der Waals surface area contributed by atoms with E-state index < -0.39 is 30.2 Å². The molecule has 4 N–H and O–H groups in total. The van der Waals surface area contributed by atoms with Gasteiger partial charge >= 0.3 is 11.8 Å². The molecule has 2 aromatic rings. The number of nitrogens with zero attached hydrogens (tertiary/aromatic N) is 5. The number of hydrogen-bond acceptors (Lipinski definition) is 10. The fourth-order valence-electron chi connectivity index (χ4n) is 3.31. The highest BCUT2D eigenvalue weighted by Crippen LogP contribution is 2.32. The Bertz CT molecular complexity index is 1020. The molecule has 3 rings (SSSR count). The maximum absolute atomic E-state index is 13.2. The van der Waals surface area contributed by atoms with Crippen LogP contribution in [0.4, 0.5) is 10.7 Å². The number of amides is 1. The lowest BCUT2D eigenvalue weighted by molar-refractivity contribution is -0.0505. The fraction of sp³-hybridized carbons (Fsp3) is 0.556. The quantitative estimate of drug-likeness (QED) is 0.358. The lowest BCUT2D eigenvalue weighted by Gasteiger charge is -2.17. The van der Waals surface area contributed by atoms with Crippen LogP contribution in [0.3, 0.4) is 0 Å². The van der Waals surface area contributed by atoms with E-state index in [0.717, 1.165) is 4.57 Å². The molecule has 1 saturated heterocycles. The van der Waals surface area contributed by atoms with Crippen LogP contribution in [-0.4, -0.2) is 79.5 Å². The molecule has 1 aliphatic heterocycles. The van der Waals surface area contributed by atoms with Gasteiger partial charge in [-0.15, -0.1) is 6.58 Å². The van der Waals surface area contributed by atoms with E-state index in [1.807, 2.05) is 0 Å². The summed E-state index contributed by atoms with van der Waals surface area (Å²) in [5.74, 6) is -0.223. The zero-order valence-electron chi connectivity index (χ0n) is 17.3. The number of nitrogen functional groups attached to an aromatic ring is 1. The summed E-state index contributed by atoms with van der Waals surface area (Å²) in [6.45, 7) is 5.09. The predicted octanol–water partition coefficient (Wildman–Crippen LogP) is -0.573. The maximum Gasteiger partial charge on any atom is 0.412 e. The van der Waals surface area contributed by atoms with Crippen LogP contribution in [0.5, 0.6) is 5.88 Å². The molecule has 1 amide bonds. The number of aliphatic hydroxyl groups excluding tert-OH is 2. The normalized spacial score (nSPS) is 20.7. The van der Waals surface area contributed by atoms with Gasteiger partial charge in [0.25, 0.3) is 0 Å². The summed E-state index contributed by atoms with van der Waals surface area (Å²) in [6, 6.07) is 0. The van der Waals surface area contributed by atoms with E-state index in [1.165, 1.54) is 22.6 Å². The van der Waals surface area contributed by atoms with Crippen LogP contribution < -0.4 is 16.2 Å². The second kappa shape index (κ2) is 9.32. The number of fused-ring (bicyclic) bond motifs is 1. The predicted molar refractivity (Wildman–Crippen MR) is 108 cm³/mol. The van der Waals surface area contributed by atoms with Crippen molar-refractivity contribution in [1.29, 1.82) is 0 Å². The summed E-state index contributed by atoms with van der Waals surface area (Å²) in [5, 5.41) is 19.8. The third-order valence-corrected chi connectivity index (χ3v) is 4.70. The Morgan fingerprint density at radius 1 is 1.48 bits per heavy atom.